The average Bonchev–Trinajstić information content (AvgIpc) is 3.10. The minimum Gasteiger partial charge on any atom is -0.341 e. The van der Waals surface area contributed by atoms with Crippen LogP contribution in [0.4, 0.5) is 27.6 Å². The third-order valence-corrected chi connectivity index (χ3v) is 5.60. The maximum atomic E-state index is 13.9. The van der Waals surface area contributed by atoms with Crippen LogP contribution >= 0.6 is 11.6 Å². The van der Waals surface area contributed by atoms with E-state index in [2.05, 4.69) is 17.2 Å². The van der Waals surface area contributed by atoms with Crippen molar-refractivity contribution in [3.05, 3.63) is 105 Å². The van der Waals surface area contributed by atoms with Crippen LogP contribution in [0.25, 0.3) is 6.08 Å². The number of hydrogen-bond donors (Lipinski definition) is 2. The Hall–Kier alpha value is -3.72. The smallest absolute Gasteiger partial charge is 0.341 e. The molecule has 4 rings (SSSR count). The van der Waals surface area contributed by atoms with Gasteiger partial charge in [0.25, 0.3) is 11.8 Å². The predicted octanol–water partition coefficient (Wildman–Crippen LogP) is 6.37. The number of alkyl halides is 3. The monoisotopic (exact) mass is 492 g/mol. The standard InChI is InChI=1S/C24H14ClF5N2O2/c1-2-11-5-17-20(21(32-23(17)34)16-10-14(26)3-4-18(16)25)19(6-11)31-22(33)12-7-13(24(28,29)30)9-15(27)8-12/h2-10,21H,1H2,(H,31,33)(H,32,34). The molecule has 1 unspecified atom stereocenters. The van der Waals surface area contributed by atoms with Crippen molar-refractivity contribution in [3.63, 3.8) is 0 Å². The number of hydrogen-bond acceptors (Lipinski definition) is 2. The molecule has 0 fully saturated rings. The predicted molar refractivity (Wildman–Crippen MR) is 117 cm³/mol. The largest absolute Gasteiger partial charge is 0.416 e. The molecule has 0 radical (unpaired) electrons. The quantitative estimate of drug-likeness (QED) is 0.416. The van der Waals surface area contributed by atoms with Crippen LogP contribution < -0.4 is 10.6 Å². The summed E-state index contributed by atoms with van der Waals surface area (Å²) in [6, 6.07) is 6.98. The van der Waals surface area contributed by atoms with Crippen LogP contribution in [0.1, 0.15) is 49.0 Å². The molecular weight excluding hydrogens is 479 g/mol. The van der Waals surface area contributed by atoms with Gasteiger partial charge in [0.15, 0.2) is 0 Å². The highest BCUT2D eigenvalue weighted by Gasteiger charge is 2.35. The SMILES string of the molecule is C=Cc1cc(NC(=O)c2cc(F)cc(C(F)(F)F)c2)c2c(c1)C(=O)NC2c1cc(F)ccc1Cl. The van der Waals surface area contributed by atoms with E-state index in [0.717, 1.165) is 12.1 Å². The molecule has 1 aliphatic heterocycles. The van der Waals surface area contributed by atoms with Crippen molar-refractivity contribution in [3.8, 4) is 0 Å². The molecular formula is C24H14ClF5N2O2. The van der Waals surface area contributed by atoms with Gasteiger partial charge in [-0.25, -0.2) is 8.78 Å². The van der Waals surface area contributed by atoms with Crippen LogP contribution in [0.2, 0.25) is 5.02 Å². The van der Waals surface area contributed by atoms with Crippen molar-refractivity contribution in [1.82, 2.24) is 5.32 Å². The van der Waals surface area contributed by atoms with E-state index in [1.54, 1.807) is 0 Å². The normalized spacial score (nSPS) is 15.0. The van der Waals surface area contributed by atoms with Crippen molar-refractivity contribution in [1.29, 1.82) is 0 Å². The lowest BCUT2D eigenvalue weighted by Gasteiger charge is -2.19. The molecule has 10 heteroatoms. The highest BCUT2D eigenvalue weighted by molar-refractivity contribution is 6.31. The Bertz CT molecular complexity index is 1350. The van der Waals surface area contributed by atoms with Gasteiger partial charge in [-0.3, -0.25) is 9.59 Å². The van der Waals surface area contributed by atoms with E-state index in [-0.39, 0.29) is 33.5 Å². The molecule has 34 heavy (non-hydrogen) atoms. The lowest BCUT2D eigenvalue weighted by Crippen LogP contribution is -2.21. The molecule has 3 aromatic rings. The lowest BCUT2D eigenvalue weighted by atomic mass is 9.94. The molecule has 0 spiro atoms. The van der Waals surface area contributed by atoms with E-state index in [4.69, 9.17) is 11.6 Å². The Balaban J connectivity index is 1.82. The van der Waals surface area contributed by atoms with Gasteiger partial charge < -0.3 is 10.6 Å². The highest BCUT2D eigenvalue weighted by atomic mass is 35.5. The van der Waals surface area contributed by atoms with Gasteiger partial charge in [0.05, 0.1) is 11.6 Å². The first-order valence-corrected chi connectivity index (χ1v) is 10.1. The summed E-state index contributed by atoms with van der Waals surface area (Å²) in [4.78, 5) is 25.5. The Kier molecular flexibility index (Phi) is 5.91. The van der Waals surface area contributed by atoms with Crippen LogP contribution in [0.3, 0.4) is 0 Å². The second kappa shape index (κ2) is 8.57. The van der Waals surface area contributed by atoms with Gasteiger partial charge >= 0.3 is 6.18 Å². The van der Waals surface area contributed by atoms with E-state index >= 15 is 0 Å². The van der Waals surface area contributed by atoms with Crippen LogP contribution in [0.15, 0.2) is 55.1 Å². The molecule has 1 heterocycles. The third kappa shape index (κ3) is 4.38. The summed E-state index contributed by atoms with van der Waals surface area (Å²) in [5, 5.41) is 5.25. The molecule has 0 aromatic heterocycles. The fraction of sp³-hybridized carbons (Fsp3) is 0.0833. The van der Waals surface area contributed by atoms with Crippen molar-refractivity contribution < 1.29 is 31.5 Å². The molecule has 0 aliphatic carbocycles. The zero-order chi connectivity index (χ0) is 24.8. The first-order chi connectivity index (χ1) is 16.0. The Morgan fingerprint density at radius 2 is 1.79 bits per heavy atom. The number of nitrogens with one attached hydrogen (secondary N) is 2. The summed E-state index contributed by atoms with van der Waals surface area (Å²) in [5.74, 6) is -3.44. The van der Waals surface area contributed by atoms with Crippen molar-refractivity contribution in [2.24, 2.45) is 0 Å². The maximum absolute atomic E-state index is 13.9. The summed E-state index contributed by atoms with van der Waals surface area (Å²) in [6.07, 6.45) is -3.47. The Morgan fingerprint density at radius 1 is 1.06 bits per heavy atom. The molecule has 1 aliphatic rings. The van der Waals surface area contributed by atoms with Gasteiger partial charge in [0.2, 0.25) is 0 Å². The van der Waals surface area contributed by atoms with Gasteiger partial charge in [0.1, 0.15) is 11.6 Å². The summed E-state index contributed by atoms with van der Waals surface area (Å²) >= 11 is 6.21. The van der Waals surface area contributed by atoms with Crippen molar-refractivity contribution in [2.45, 2.75) is 12.2 Å². The number of halogens is 6. The molecule has 3 aromatic carbocycles. The summed E-state index contributed by atoms with van der Waals surface area (Å²) in [6.45, 7) is 3.62. The molecule has 4 nitrogen and oxygen atoms in total. The zero-order valence-electron chi connectivity index (χ0n) is 17.1. The summed E-state index contributed by atoms with van der Waals surface area (Å²) in [7, 11) is 0. The maximum Gasteiger partial charge on any atom is 0.416 e. The minimum atomic E-state index is -4.86. The topological polar surface area (TPSA) is 58.2 Å². The third-order valence-electron chi connectivity index (χ3n) is 5.25. The first-order valence-electron chi connectivity index (χ1n) is 9.73. The van der Waals surface area contributed by atoms with Gasteiger partial charge in [0, 0.05) is 33.0 Å². The number of amides is 2. The second-order valence-corrected chi connectivity index (χ2v) is 7.89. The highest BCUT2D eigenvalue weighted by Crippen LogP contribution is 2.40. The van der Waals surface area contributed by atoms with Crippen LogP contribution in [0.5, 0.6) is 0 Å². The van der Waals surface area contributed by atoms with Crippen molar-refractivity contribution in [2.75, 3.05) is 5.32 Å². The molecule has 0 bridgehead atoms. The lowest BCUT2D eigenvalue weighted by molar-refractivity contribution is -0.137. The van der Waals surface area contributed by atoms with E-state index in [9.17, 15) is 31.5 Å². The van der Waals surface area contributed by atoms with Gasteiger partial charge in [-0.1, -0.05) is 24.3 Å². The van der Waals surface area contributed by atoms with Gasteiger partial charge in [-0.2, -0.15) is 13.2 Å². The average molecular weight is 493 g/mol. The second-order valence-electron chi connectivity index (χ2n) is 7.49. The number of fused-ring (bicyclic) bond motifs is 1. The molecule has 174 valence electrons. The van der Waals surface area contributed by atoms with Gasteiger partial charge in [-0.15, -0.1) is 0 Å². The molecule has 2 N–H and O–H groups in total. The number of benzene rings is 3. The Morgan fingerprint density at radius 3 is 2.47 bits per heavy atom. The summed E-state index contributed by atoms with van der Waals surface area (Å²) < 4.78 is 66.9. The van der Waals surface area contributed by atoms with Crippen LogP contribution in [-0.4, -0.2) is 11.8 Å². The number of anilines is 1. The van der Waals surface area contributed by atoms with E-state index in [1.807, 2.05) is 0 Å². The van der Waals surface area contributed by atoms with Crippen molar-refractivity contribution >= 4 is 35.2 Å². The van der Waals surface area contributed by atoms with E-state index in [0.29, 0.717) is 17.7 Å². The van der Waals surface area contributed by atoms with Crippen LogP contribution in [0, 0.1) is 11.6 Å². The zero-order valence-corrected chi connectivity index (χ0v) is 17.8. The molecule has 0 saturated heterocycles. The van der Waals surface area contributed by atoms with E-state index in [1.165, 1.54) is 24.3 Å². The van der Waals surface area contributed by atoms with Crippen LogP contribution in [-0.2, 0) is 6.18 Å². The number of carbonyl (C=O) groups is 2. The molecule has 1 atom stereocenters. The molecule has 0 saturated carbocycles. The fourth-order valence-corrected chi connectivity index (χ4v) is 3.95. The van der Waals surface area contributed by atoms with E-state index < -0.39 is 46.8 Å². The summed E-state index contributed by atoms with van der Waals surface area (Å²) in [5.41, 5.74) is -0.881. The number of rotatable bonds is 4. The van der Waals surface area contributed by atoms with Gasteiger partial charge in [-0.05, 0) is 54.1 Å². The number of carbonyl (C=O) groups excluding carboxylic acids is 2. The minimum absolute atomic E-state index is 0.0406. The molecule has 2 amide bonds. The first kappa shape index (κ1) is 23.4. The fourth-order valence-electron chi connectivity index (χ4n) is 3.72. The Labute approximate surface area is 195 Å².